The molecule has 19 heavy (non-hydrogen) atoms. The van der Waals surface area contributed by atoms with E-state index < -0.39 is 41.5 Å². The van der Waals surface area contributed by atoms with Gasteiger partial charge in [0, 0.05) is 19.1 Å². The van der Waals surface area contributed by atoms with Crippen molar-refractivity contribution in [1.82, 2.24) is 9.55 Å². The molecule has 0 radical (unpaired) electrons. The van der Waals surface area contributed by atoms with Crippen LogP contribution in [0.3, 0.4) is 0 Å². The highest BCUT2D eigenvalue weighted by atomic mass is 19.4. The van der Waals surface area contributed by atoms with Crippen LogP contribution in [-0.2, 0) is 6.54 Å². The summed E-state index contributed by atoms with van der Waals surface area (Å²) in [5.74, 6) is -3.49. The van der Waals surface area contributed by atoms with E-state index in [2.05, 4.69) is 4.98 Å². The van der Waals surface area contributed by atoms with E-state index in [9.17, 15) is 26.7 Å². The zero-order chi connectivity index (χ0) is 14.4. The minimum Gasteiger partial charge on any atom is -0.310 e. The smallest absolute Gasteiger partial charge is 0.310 e. The molecule has 2 rings (SSSR count). The van der Waals surface area contributed by atoms with Gasteiger partial charge in [-0.15, -0.1) is 0 Å². The largest absolute Gasteiger partial charge is 0.406 e. The normalized spacial score (nSPS) is 12.1. The molecule has 8 heteroatoms. The fourth-order valence-corrected chi connectivity index (χ4v) is 1.79. The number of Topliss-reactive ketones (excluding diaryl/α,β-unsaturated/α-hetero) is 1. The zero-order valence-electron chi connectivity index (χ0n) is 9.55. The summed E-state index contributed by atoms with van der Waals surface area (Å²) in [7, 11) is 0. The number of ketones is 1. The summed E-state index contributed by atoms with van der Waals surface area (Å²) >= 11 is 0. The minimum absolute atomic E-state index is 0.327. The van der Waals surface area contributed by atoms with Crippen molar-refractivity contribution in [1.29, 1.82) is 0 Å². The lowest BCUT2D eigenvalue weighted by atomic mass is 10.3. The summed E-state index contributed by atoms with van der Waals surface area (Å²) in [6, 6.07) is 1.22. The molecule has 2 aromatic rings. The Morgan fingerprint density at radius 1 is 1.32 bits per heavy atom. The maximum Gasteiger partial charge on any atom is 0.406 e. The highest BCUT2D eigenvalue weighted by molar-refractivity contribution is 5.94. The van der Waals surface area contributed by atoms with Gasteiger partial charge >= 0.3 is 6.18 Å². The Morgan fingerprint density at radius 2 is 1.95 bits per heavy atom. The summed E-state index contributed by atoms with van der Waals surface area (Å²) in [6.45, 7) is -0.566. The van der Waals surface area contributed by atoms with Crippen molar-refractivity contribution in [2.45, 2.75) is 19.6 Å². The third-order valence-electron chi connectivity index (χ3n) is 2.41. The van der Waals surface area contributed by atoms with Crippen LogP contribution < -0.4 is 0 Å². The molecule has 1 heterocycles. The Bertz CT molecular complexity index is 659. The first kappa shape index (κ1) is 13.4. The van der Waals surface area contributed by atoms with Gasteiger partial charge in [0.15, 0.2) is 17.4 Å². The Morgan fingerprint density at radius 3 is 2.47 bits per heavy atom. The number of aromatic nitrogens is 2. The second-order valence-corrected chi connectivity index (χ2v) is 3.95. The SMILES string of the molecule is CC(=O)c1nc2cc(F)cc(F)c2n1CC(F)(F)F. The van der Waals surface area contributed by atoms with Crippen LogP contribution in [0.1, 0.15) is 17.5 Å². The van der Waals surface area contributed by atoms with Crippen LogP contribution >= 0.6 is 0 Å². The summed E-state index contributed by atoms with van der Waals surface area (Å²) in [6.07, 6.45) is -4.65. The van der Waals surface area contributed by atoms with Crippen LogP contribution in [0, 0.1) is 11.6 Å². The minimum atomic E-state index is -4.65. The van der Waals surface area contributed by atoms with Gasteiger partial charge in [-0.2, -0.15) is 13.2 Å². The molecule has 0 aliphatic rings. The van der Waals surface area contributed by atoms with Crippen LogP contribution in [0.25, 0.3) is 11.0 Å². The first-order chi connectivity index (χ1) is 8.69. The molecule has 102 valence electrons. The van der Waals surface area contributed by atoms with E-state index in [1.807, 2.05) is 0 Å². The molecule has 0 saturated heterocycles. The molecule has 0 fully saturated rings. The molecular formula is C11H7F5N2O. The molecule has 0 spiro atoms. The molecule has 0 amide bonds. The number of imidazole rings is 1. The number of nitrogens with zero attached hydrogens (tertiary/aromatic N) is 2. The highest BCUT2D eigenvalue weighted by Crippen LogP contribution is 2.26. The molecule has 0 unspecified atom stereocenters. The predicted molar refractivity (Wildman–Crippen MR) is 55.7 cm³/mol. The predicted octanol–water partition coefficient (Wildman–Crippen LogP) is 3.08. The Kier molecular flexibility index (Phi) is 3.03. The Hall–Kier alpha value is -1.99. The van der Waals surface area contributed by atoms with Gasteiger partial charge in [-0.1, -0.05) is 0 Å². The van der Waals surface area contributed by atoms with E-state index in [0.29, 0.717) is 10.6 Å². The summed E-state index contributed by atoms with van der Waals surface area (Å²) in [5.41, 5.74) is -0.865. The van der Waals surface area contributed by atoms with Crippen molar-refractivity contribution in [2.75, 3.05) is 0 Å². The number of hydrogen-bond acceptors (Lipinski definition) is 2. The quantitative estimate of drug-likeness (QED) is 0.625. The molecule has 0 aliphatic carbocycles. The van der Waals surface area contributed by atoms with Gasteiger partial charge in [0.05, 0.1) is 5.52 Å². The third-order valence-corrected chi connectivity index (χ3v) is 2.41. The first-order valence-electron chi connectivity index (χ1n) is 5.12. The molecule has 1 aromatic carbocycles. The number of alkyl halides is 3. The third kappa shape index (κ3) is 2.56. The van der Waals surface area contributed by atoms with E-state index in [-0.39, 0.29) is 5.52 Å². The zero-order valence-corrected chi connectivity index (χ0v) is 9.55. The van der Waals surface area contributed by atoms with Crippen LogP contribution in [0.2, 0.25) is 0 Å². The standard InChI is InChI=1S/C11H7F5N2O/c1-5(19)10-17-8-3-6(12)2-7(13)9(8)18(10)4-11(14,15)16/h2-3H,4H2,1H3. The average molecular weight is 278 g/mol. The maximum absolute atomic E-state index is 13.6. The monoisotopic (exact) mass is 278 g/mol. The van der Waals surface area contributed by atoms with Crippen LogP contribution in [-0.4, -0.2) is 21.5 Å². The Labute approximate surface area is 103 Å². The molecule has 0 N–H and O–H groups in total. The molecular weight excluding hydrogens is 271 g/mol. The lowest BCUT2D eigenvalue weighted by Gasteiger charge is -2.10. The van der Waals surface area contributed by atoms with E-state index in [0.717, 1.165) is 13.0 Å². The van der Waals surface area contributed by atoms with Gasteiger partial charge in [-0.25, -0.2) is 13.8 Å². The van der Waals surface area contributed by atoms with Gasteiger partial charge in [-0.3, -0.25) is 4.79 Å². The first-order valence-corrected chi connectivity index (χ1v) is 5.12. The van der Waals surface area contributed by atoms with Gasteiger partial charge in [0.1, 0.15) is 17.9 Å². The van der Waals surface area contributed by atoms with Crippen molar-refractivity contribution < 1.29 is 26.7 Å². The molecule has 0 atom stereocenters. The molecule has 1 aromatic heterocycles. The van der Waals surface area contributed by atoms with Gasteiger partial charge in [0.25, 0.3) is 0 Å². The number of rotatable bonds is 2. The van der Waals surface area contributed by atoms with Gasteiger partial charge in [-0.05, 0) is 0 Å². The fraction of sp³-hybridized carbons (Fsp3) is 0.273. The van der Waals surface area contributed by atoms with Crippen LogP contribution in [0.4, 0.5) is 22.0 Å². The van der Waals surface area contributed by atoms with Crippen molar-refractivity contribution in [3.8, 4) is 0 Å². The van der Waals surface area contributed by atoms with Gasteiger partial charge in [0.2, 0.25) is 0 Å². The summed E-state index contributed by atoms with van der Waals surface area (Å²) in [4.78, 5) is 14.8. The molecule has 0 aliphatic heterocycles. The summed E-state index contributed by atoms with van der Waals surface area (Å²) < 4.78 is 64.3. The number of benzene rings is 1. The van der Waals surface area contributed by atoms with E-state index in [4.69, 9.17) is 0 Å². The average Bonchev–Trinajstić information content (AvgIpc) is 2.54. The van der Waals surface area contributed by atoms with E-state index in [1.165, 1.54) is 0 Å². The number of carbonyl (C=O) groups excluding carboxylic acids is 1. The highest BCUT2D eigenvalue weighted by Gasteiger charge is 2.32. The molecule has 0 saturated carbocycles. The molecule has 3 nitrogen and oxygen atoms in total. The van der Waals surface area contributed by atoms with Crippen molar-refractivity contribution in [3.63, 3.8) is 0 Å². The second kappa shape index (κ2) is 4.29. The van der Waals surface area contributed by atoms with E-state index in [1.54, 1.807) is 0 Å². The number of carbonyl (C=O) groups is 1. The topological polar surface area (TPSA) is 34.9 Å². The fourth-order valence-electron chi connectivity index (χ4n) is 1.79. The van der Waals surface area contributed by atoms with Crippen molar-refractivity contribution >= 4 is 16.8 Å². The lowest BCUT2D eigenvalue weighted by Crippen LogP contribution is -2.21. The van der Waals surface area contributed by atoms with Gasteiger partial charge < -0.3 is 4.57 Å². The summed E-state index contributed by atoms with van der Waals surface area (Å²) in [5, 5.41) is 0. The number of hydrogen-bond donors (Lipinski definition) is 0. The van der Waals surface area contributed by atoms with E-state index >= 15 is 0 Å². The van der Waals surface area contributed by atoms with Crippen LogP contribution in [0.15, 0.2) is 12.1 Å². The number of halogens is 5. The Balaban J connectivity index is 2.77. The maximum atomic E-state index is 13.6. The second-order valence-electron chi connectivity index (χ2n) is 3.95. The lowest BCUT2D eigenvalue weighted by molar-refractivity contribution is -0.140. The van der Waals surface area contributed by atoms with Crippen molar-refractivity contribution in [3.05, 3.63) is 29.6 Å². The number of fused-ring (bicyclic) bond motifs is 1. The van der Waals surface area contributed by atoms with Crippen molar-refractivity contribution in [2.24, 2.45) is 0 Å². The molecule has 0 bridgehead atoms. The van der Waals surface area contributed by atoms with Crippen LogP contribution in [0.5, 0.6) is 0 Å².